The minimum Gasteiger partial charge on any atom is -0.380 e. The highest BCUT2D eigenvalue weighted by atomic mass is 79.9. The molecule has 0 aliphatic heterocycles. The number of aliphatic hydroxyl groups is 1. The molecule has 2 aromatic carbocycles. The number of H-pyrrole nitrogens is 1. The van der Waals surface area contributed by atoms with E-state index in [4.69, 9.17) is 0 Å². The molecule has 1 heterocycles. The Morgan fingerprint density at radius 1 is 1.06 bits per heavy atom. The summed E-state index contributed by atoms with van der Waals surface area (Å²) >= 11 is 3.45. The van der Waals surface area contributed by atoms with Gasteiger partial charge in [-0.05, 0) is 33.6 Å². The van der Waals surface area contributed by atoms with Gasteiger partial charge < -0.3 is 10.1 Å². The van der Waals surface area contributed by atoms with E-state index in [0.717, 1.165) is 21.1 Å². The van der Waals surface area contributed by atoms with Crippen LogP contribution in [0, 0.1) is 0 Å². The van der Waals surface area contributed by atoms with Gasteiger partial charge in [-0.1, -0.05) is 36.4 Å². The minimum absolute atomic E-state index is 0.558. The van der Waals surface area contributed by atoms with Crippen molar-refractivity contribution in [3.05, 3.63) is 64.4 Å². The Morgan fingerprint density at radius 2 is 1.83 bits per heavy atom. The molecule has 4 heteroatoms. The van der Waals surface area contributed by atoms with E-state index in [0.29, 0.717) is 5.82 Å². The van der Waals surface area contributed by atoms with Crippen LogP contribution in [-0.2, 0) is 0 Å². The van der Waals surface area contributed by atoms with E-state index in [1.54, 1.807) is 0 Å². The Morgan fingerprint density at radius 3 is 2.56 bits per heavy atom. The molecule has 90 valence electrons. The minimum atomic E-state index is -0.731. The SMILES string of the molecule is O[C@@H](c1ccccc1)c1nc2c(Br)cccc2[nH]1. The smallest absolute Gasteiger partial charge is 0.140 e. The van der Waals surface area contributed by atoms with Crippen LogP contribution in [0.5, 0.6) is 0 Å². The van der Waals surface area contributed by atoms with E-state index in [2.05, 4.69) is 25.9 Å². The van der Waals surface area contributed by atoms with Crippen LogP contribution < -0.4 is 0 Å². The fraction of sp³-hybridized carbons (Fsp3) is 0.0714. The number of halogens is 1. The molecule has 0 aliphatic carbocycles. The number of para-hydroxylation sites is 1. The van der Waals surface area contributed by atoms with Crippen LogP contribution in [0.3, 0.4) is 0 Å². The molecule has 0 spiro atoms. The molecule has 3 aromatic rings. The van der Waals surface area contributed by atoms with Gasteiger partial charge in [-0.25, -0.2) is 4.98 Å². The van der Waals surface area contributed by atoms with Crippen LogP contribution >= 0.6 is 15.9 Å². The van der Waals surface area contributed by atoms with E-state index in [-0.39, 0.29) is 0 Å². The summed E-state index contributed by atoms with van der Waals surface area (Å²) in [6.45, 7) is 0. The summed E-state index contributed by atoms with van der Waals surface area (Å²) in [6, 6.07) is 15.3. The lowest BCUT2D eigenvalue weighted by molar-refractivity contribution is 0.211. The number of nitrogens with zero attached hydrogens (tertiary/aromatic N) is 1. The zero-order valence-corrected chi connectivity index (χ0v) is 11.1. The lowest BCUT2D eigenvalue weighted by atomic mass is 10.1. The number of fused-ring (bicyclic) bond motifs is 1. The van der Waals surface area contributed by atoms with Gasteiger partial charge in [0.1, 0.15) is 17.4 Å². The van der Waals surface area contributed by atoms with Crippen molar-refractivity contribution in [2.24, 2.45) is 0 Å². The number of benzene rings is 2. The predicted octanol–water partition coefficient (Wildman–Crippen LogP) is 3.41. The van der Waals surface area contributed by atoms with Crippen LogP contribution in [0.4, 0.5) is 0 Å². The van der Waals surface area contributed by atoms with Crippen molar-refractivity contribution < 1.29 is 5.11 Å². The number of aromatic nitrogens is 2. The first kappa shape index (κ1) is 11.4. The Bertz CT molecular complexity index is 679. The quantitative estimate of drug-likeness (QED) is 0.762. The van der Waals surface area contributed by atoms with Gasteiger partial charge in [0.25, 0.3) is 0 Å². The van der Waals surface area contributed by atoms with Crippen molar-refractivity contribution in [3.8, 4) is 0 Å². The van der Waals surface area contributed by atoms with E-state index in [1.807, 2.05) is 48.5 Å². The maximum absolute atomic E-state index is 10.3. The maximum Gasteiger partial charge on any atom is 0.140 e. The molecule has 0 aliphatic rings. The summed E-state index contributed by atoms with van der Waals surface area (Å²) < 4.78 is 0.919. The fourth-order valence-corrected chi connectivity index (χ4v) is 2.39. The van der Waals surface area contributed by atoms with Crippen LogP contribution in [-0.4, -0.2) is 15.1 Å². The molecule has 0 amide bonds. The van der Waals surface area contributed by atoms with Gasteiger partial charge in [0.2, 0.25) is 0 Å². The third-order valence-corrected chi connectivity index (χ3v) is 3.50. The van der Waals surface area contributed by atoms with E-state index in [9.17, 15) is 5.11 Å². The largest absolute Gasteiger partial charge is 0.380 e. The number of nitrogens with one attached hydrogen (secondary N) is 1. The predicted molar refractivity (Wildman–Crippen MR) is 74.3 cm³/mol. The summed E-state index contributed by atoms with van der Waals surface area (Å²) in [5.41, 5.74) is 2.57. The summed E-state index contributed by atoms with van der Waals surface area (Å²) in [7, 11) is 0. The molecule has 1 atom stereocenters. The Hall–Kier alpha value is -1.65. The monoisotopic (exact) mass is 302 g/mol. The Kier molecular flexibility index (Phi) is 2.89. The van der Waals surface area contributed by atoms with Crippen molar-refractivity contribution in [1.29, 1.82) is 0 Å². The van der Waals surface area contributed by atoms with Crippen molar-refractivity contribution >= 4 is 27.0 Å². The molecule has 0 bridgehead atoms. The Balaban J connectivity index is 2.07. The van der Waals surface area contributed by atoms with Crippen molar-refractivity contribution in [3.63, 3.8) is 0 Å². The molecule has 3 rings (SSSR count). The lowest BCUT2D eigenvalue weighted by Crippen LogP contribution is -2.01. The molecule has 0 unspecified atom stereocenters. The summed E-state index contributed by atoms with van der Waals surface area (Å²) in [5, 5.41) is 10.3. The van der Waals surface area contributed by atoms with Gasteiger partial charge in [-0.15, -0.1) is 0 Å². The highest BCUT2D eigenvalue weighted by molar-refractivity contribution is 9.10. The summed E-state index contributed by atoms with van der Waals surface area (Å²) in [6.07, 6.45) is -0.731. The molecule has 0 saturated heterocycles. The number of hydrogen-bond donors (Lipinski definition) is 2. The summed E-state index contributed by atoms with van der Waals surface area (Å²) in [5.74, 6) is 0.558. The third kappa shape index (κ3) is 1.94. The second-order valence-corrected chi connectivity index (χ2v) is 4.93. The number of imidazole rings is 1. The standard InChI is InChI=1S/C14H11BrN2O/c15-10-7-4-8-11-12(10)17-14(16-11)13(18)9-5-2-1-3-6-9/h1-8,13,18H,(H,16,17)/t13-/m0/s1. The number of hydrogen-bond acceptors (Lipinski definition) is 2. The molecular formula is C14H11BrN2O. The molecule has 0 fully saturated rings. The first-order chi connectivity index (χ1) is 8.75. The van der Waals surface area contributed by atoms with Crippen molar-refractivity contribution in [1.82, 2.24) is 9.97 Å². The van der Waals surface area contributed by atoms with Gasteiger partial charge in [0.05, 0.1) is 5.52 Å². The second-order valence-electron chi connectivity index (χ2n) is 4.07. The van der Waals surface area contributed by atoms with Gasteiger partial charge >= 0.3 is 0 Å². The zero-order valence-electron chi connectivity index (χ0n) is 9.47. The lowest BCUT2D eigenvalue weighted by Gasteiger charge is -2.06. The van der Waals surface area contributed by atoms with Crippen LogP contribution in [0.25, 0.3) is 11.0 Å². The molecule has 2 N–H and O–H groups in total. The average molecular weight is 303 g/mol. The van der Waals surface area contributed by atoms with E-state index < -0.39 is 6.10 Å². The zero-order chi connectivity index (χ0) is 12.5. The molecule has 1 aromatic heterocycles. The maximum atomic E-state index is 10.3. The summed E-state index contributed by atoms with van der Waals surface area (Å²) in [4.78, 5) is 7.58. The van der Waals surface area contributed by atoms with Crippen LogP contribution in [0.2, 0.25) is 0 Å². The van der Waals surface area contributed by atoms with Crippen molar-refractivity contribution in [2.45, 2.75) is 6.10 Å². The first-order valence-electron chi connectivity index (χ1n) is 5.63. The third-order valence-electron chi connectivity index (χ3n) is 2.86. The van der Waals surface area contributed by atoms with Crippen LogP contribution in [0.1, 0.15) is 17.5 Å². The normalized spacial score (nSPS) is 12.8. The molecule has 3 nitrogen and oxygen atoms in total. The second kappa shape index (κ2) is 4.55. The molecular weight excluding hydrogens is 292 g/mol. The highest BCUT2D eigenvalue weighted by Crippen LogP contribution is 2.26. The van der Waals surface area contributed by atoms with Gasteiger partial charge in [-0.3, -0.25) is 0 Å². The average Bonchev–Trinajstić information content (AvgIpc) is 2.84. The molecule has 0 radical (unpaired) electrons. The first-order valence-corrected chi connectivity index (χ1v) is 6.42. The number of rotatable bonds is 2. The van der Waals surface area contributed by atoms with E-state index >= 15 is 0 Å². The highest BCUT2D eigenvalue weighted by Gasteiger charge is 2.15. The van der Waals surface area contributed by atoms with Gasteiger partial charge in [0.15, 0.2) is 0 Å². The number of aliphatic hydroxyl groups excluding tert-OH is 1. The fourth-order valence-electron chi connectivity index (χ4n) is 1.94. The topological polar surface area (TPSA) is 48.9 Å². The van der Waals surface area contributed by atoms with Gasteiger partial charge in [0, 0.05) is 4.47 Å². The molecule has 0 saturated carbocycles. The van der Waals surface area contributed by atoms with Gasteiger partial charge in [-0.2, -0.15) is 0 Å². The van der Waals surface area contributed by atoms with Crippen LogP contribution in [0.15, 0.2) is 53.0 Å². The van der Waals surface area contributed by atoms with E-state index in [1.165, 1.54) is 0 Å². The Labute approximate surface area is 113 Å². The van der Waals surface area contributed by atoms with Crippen molar-refractivity contribution in [2.75, 3.05) is 0 Å². The molecule has 18 heavy (non-hydrogen) atoms. The number of aromatic amines is 1.